The lowest BCUT2D eigenvalue weighted by molar-refractivity contribution is 0.186. The summed E-state index contributed by atoms with van der Waals surface area (Å²) in [4.78, 5) is 6.68. The van der Waals surface area contributed by atoms with Crippen LogP contribution in [0.15, 0.2) is 12.3 Å². The van der Waals surface area contributed by atoms with Gasteiger partial charge in [-0.25, -0.2) is 4.98 Å². The lowest BCUT2D eigenvalue weighted by Crippen LogP contribution is -2.32. The molecule has 1 atom stereocenters. The normalized spacial score (nSPS) is 22.2. The van der Waals surface area contributed by atoms with Crippen LogP contribution in [0.3, 0.4) is 0 Å². The van der Waals surface area contributed by atoms with Gasteiger partial charge in [0.05, 0.1) is 17.2 Å². The molecule has 2 aliphatic rings. The van der Waals surface area contributed by atoms with Gasteiger partial charge in [0.25, 0.3) is 0 Å². The summed E-state index contributed by atoms with van der Waals surface area (Å²) < 4.78 is 5.44. The summed E-state index contributed by atoms with van der Waals surface area (Å²) in [5.41, 5.74) is 0.508. The Kier molecular flexibility index (Phi) is 3.58. The second-order valence-electron chi connectivity index (χ2n) is 5.25. The van der Waals surface area contributed by atoms with Gasteiger partial charge in [-0.3, -0.25) is 0 Å². The fraction of sp³-hybridized carbons (Fsp3) is 0.571. The first kappa shape index (κ1) is 12.7. The van der Waals surface area contributed by atoms with E-state index in [9.17, 15) is 0 Å². The van der Waals surface area contributed by atoms with Gasteiger partial charge in [0.1, 0.15) is 11.9 Å². The van der Waals surface area contributed by atoms with Gasteiger partial charge in [-0.2, -0.15) is 5.26 Å². The Hall–Kier alpha value is -1.31. The van der Waals surface area contributed by atoms with E-state index in [1.54, 1.807) is 12.3 Å². The van der Waals surface area contributed by atoms with Crippen molar-refractivity contribution in [2.24, 2.45) is 5.92 Å². The van der Waals surface area contributed by atoms with Crippen molar-refractivity contribution >= 4 is 17.4 Å². The van der Waals surface area contributed by atoms with Crippen LogP contribution >= 0.6 is 11.6 Å². The number of hydrogen-bond acceptors (Lipinski definition) is 4. The molecule has 2 fully saturated rings. The predicted molar refractivity (Wildman–Crippen MR) is 73.3 cm³/mol. The van der Waals surface area contributed by atoms with Gasteiger partial charge < -0.3 is 9.64 Å². The molecule has 1 aromatic heterocycles. The van der Waals surface area contributed by atoms with Gasteiger partial charge >= 0.3 is 0 Å². The van der Waals surface area contributed by atoms with Crippen molar-refractivity contribution in [3.63, 3.8) is 0 Å². The fourth-order valence-electron chi connectivity index (χ4n) is 2.50. The number of halogens is 1. The number of pyridine rings is 1. The van der Waals surface area contributed by atoms with Crippen molar-refractivity contribution in [1.29, 1.82) is 5.26 Å². The summed E-state index contributed by atoms with van der Waals surface area (Å²) in [6.07, 6.45) is 5.11. The molecular weight excluding hydrogens is 262 g/mol. The highest BCUT2D eigenvalue weighted by atomic mass is 35.5. The van der Waals surface area contributed by atoms with Gasteiger partial charge in [0.15, 0.2) is 0 Å². The topological polar surface area (TPSA) is 49.2 Å². The molecule has 4 nitrogen and oxygen atoms in total. The Balaban J connectivity index is 1.81. The Morgan fingerprint density at radius 3 is 2.89 bits per heavy atom. The van der Waals surface area contributed by atoms with Crippen molar-refractivity contribution in [3.05, 3.63) is 22.8 Å². The van der Waals surface area contributed by atoms with Crippen LogP contribution in [0, 0.1) is 17.2 Å². The van der Waals surface area contributed by atoms with Crippen LogP contribution in [-0.2, 0) is 4.74 Å². The van der Waals surface area contributed by atoms with Crippen LogP contribution in [0.2, 0.25) is 5.02 Å². The maximum absolute atomic E-state index is 8.86. The molecule has 19 heavy (non-hydrogen) atoms. The molecule has 100 valence electrons. The Bertz CT molecular complexity index is 504. The molecule has 1 aliphatic heterocycles. The van der Waals surface area contributed by atoms with Crippen molar-refractivity contribution in [1.82, 2.24) is 4.98 Å². The Morgan fingerprint density at radius 2 is 2.32 bits per heavy atom. The summed E-state index contributed by atoms with van der Waals surface area (Å²) in [7, 11) is 0. The standard InChI is InChI=1S/C14H16ClN3O/c15-13-5-11(6-16)7-17-14(13)18(12-1-2-12)8-10-3-4-19-9-10/h5,7,10,12H,1-4,8-9H2/t10-/m0/s1. The van der Waals surface area contributed by atoms with Crippen molar-refractivity contribution in [2.75, 3.05) is 24.7 Å². The second kappa shape index (κ2) is 5.36. The van der Waals surface area contributed by atoms with E-state index in [1.807, 2.05) is 0 Å². The van der Waals surface area contributed by atoms with Gasteiger partial charge in [-0.1, -0.05) is 11.6 Å². The number of aromatic nitrogens is 1. The van der Waals surface area contributed by atoms with Gasteiger partial charge in [-0.15, -0.1) is 0 Å². The third-order valence-corrected chi connectivity index (χ3v) is 3.97. The third kappa shape index (κ3) is 2.83. The fourth-order valence-corrected chi connectivity index (χ4v) is 2.78. The van der Waals surface area contributed by atoms with E-state index in [2.05, 4.69) is 16.0 Å². The molecule has 3 rings (SSSR count). The first-order valence-corrected chi connectivity index (χ1v) is 7.06. The van der Waals surface area contributed by atoms with E-state index in [-0.39, 0.29) is 0 Å². The number of ether oxygens (including phenoxy) is 1. The molecule has 1 aliphatic carbocycles. The van der Waals surface area contributed by atoms with E-state index >= 15 is 0 Å². The zero-order valence-electron chi connectivity index (χ0n) is 10.7. The molecule has 0 amide bonds. The van der Waals surface area contributed by atoms with Gasteiger partial charge in [0, 0.05) is 31.3 Å². The number of hydrogen-bond donors (Lipinski definition) is 0. The zero-order chi connectivity index (χ0) is 13.2. The first-order valence-electron chi connectivity index (χ1n) is 6.68. The lowest BCUT2D eigenvalue weighted by atomic mass is 10.1. The van der Waals surface area contributed by atoms with Crippen molar-refractivity contribution < 1.29 is 4.74 Å². The van der Waals surface area contributed by atoms with Crippen LogP contribution in [0.1, 0.15) is 24.8 Å². The summed E-state index contributed by atoms with van der Waals surface area (Å²) in [6, 6.07) is 4.32. The monoisotopic (exact) mass is 277 g/mol. The number of nitriles is 1. The summed E-state index contributed by atoms with van der Waals surface area (Å²) >= 11 is 6.27. The van der Waals surface area contributed by atoms with Crippen LogP contribution < -0.4 is 4.90 Å². The van der Waals surface area contributed by atoms with Crippen LogP contribution in [-0.4, -0.2) is 30.8 Å². The average molecular weight is 278 g/mol. The molecule has 1 saturated carbocycles. The minimum absolute atomic E-state index is 0.508. The minimum Gasteiger partial charge on any atom is -0.381 e. The predicted octanol–water partition coefficient (Wildman–Crippen LogP) is 2.61. The van der Waals surface area contributed by atoms with E-state index in [1.165, 1.54) is 12.8 Å². The molecular formula is C14H16ClN3O. The molecule has 0 radical (unpaired) electrons. The number of nitrogens with zero attached hydrogens (tertiary/aromatic N) is 3. The zero-order valence-corrected chi connectivity index (χ0v) is 11.4. The first-order chi connectivity index (χ1) is 9.28. The highest BCUT2D eigenvalue weighted by Crippen LogP contribution is 2.35. The molecule has 1 saturated heterocycles. The largest absolute Gasteiger partial charge is 0.381 e. The molecule has 0 aromatic carbocycles. The Morgan fingerprint density at radius 1 is 1.47 bits per heavy atom. The highest BCUT2D eigenvalue weighted by molar-refractivity contribution is 6.33. The minimum atomic E-state index is 0.508. The van der Waals surface area contributed by atoms with E-state index in [4.69, 9.17) is 21.6 Å². The third-order valence-electron chi connectivity index (χ3n) is 3.69. The molecule has 0 bridgehead atoms. The molecule has 2 heterocycles. The summed E-state index contributed by atoms with van der Waals surface area (Å²) in [6.45, 7) is 2.64. The number of rotatable bonds is 4. The molecule has 0 unspecified atom stereocenters. The highest BCUT2D eigenvalue weighted by Gasteiger charge is 2.33. The maximum atomic E-state index is 8.86. The SMILES string of the molecule is N#Cc1cnc(N(C[C@@H]2CCOC2)C2CC2)c(Cl)c1. The molecule has 1 aromatic rings. The van der Waals surface area contributed by atoms with Crippen molar-refractivity contribution in [2.45, 2.75) is 25.3 Å². The molecule has 0 N–H and O–H groups in total. The van der Waals surface area contributed by atoms with Crippen LogP contribution in [0.25, 0.3) is 0 Å². The molecule has 0 spiro atoms. The number of anilines is 1. The molecule has 5 heteroatoms. The van der Waals surface area contributed by atoms with Crippen LogP contribution in [0.4, 0.5) is 5.82 Å². The van der Waals surface area contributed by atoms with E-state index in [0.717, 1.165) is 32.0 Å². The van der Waals surface area contributed by atoms with E-state index in [0.29, 0.717) is 22.5 Å². The smallest absolute Gasteiger partial charge is 0.147 e. The average Bonchev–Trinajstić information content (AvgIpc) is 3.14. The van der Waals surface area contributed by atoms with Gasteiger partial charge in [0.2, 0.25) is 0 Å². The van der Waals surface area contributed by atoms with Crippen molar-refractivity contribution in [3.8, 4) is 6.07 Å². The maximum Gasteiger partial charge on any atom is 0.147 e. The van der Waals surface area contributed by atoms with Crippen LogP contribution in [0.5, 0.6) is 0 Å². The lowest BCUT2D eigenvalue weighted by Gasteiger charge is -2.27. The van der Waals surface area contributed by atoms with Gasteiger partial charge in [-0.05, 0) is 25.3 Å². The summed E-state index contributed by atoms with van der Waals surface area (Å²) in [5.74, 6) is 1.38. The summed E-state index contributed by atoms with van der Waals surface area (Å²) in [5, 5.41) is 9.44. The quantitative estimate of drug-likeness (QED) is 0.849. The second-order valence-corrected chi connectivity index (χ2v) is 5.66. The Labute approximate surface area is 117 Å². The van der Waals surface area contributed by atoms with E-state index < -0.39 is 0 Å².